The molecular formula is C14H26N2O5. The van der Waals surface area contributed by atoms with E-state index in [2.05, 4.69) is 0 Å². The smallest absolute Gasteiger partial charge is 0.320 e. The van der Waals surface area contributed by atoms with Gasteiger partial charge in [-0.1, -0.05) is 0 Å². The molecule has 21 heavy (non-hydrogen) atoms. The van der Waals surface area contributed by atoms with Crippen LogP contribution < -0.4 is 0 Å². The summed E-state index contributed by atoms with van der Waals surface area (Å²) >= 11 is 0. The summed E-state index contributed by atoms with van der Waals surface area (Å²) in [6.07, 6.45) is 2.13. The minimum absolute atomic E-state index is 0.103. The number of amides is 2. The van der Waals surface area contributed by atoms with E-state index in [1.54, 1.807) is 24.0 Å². The van der Waals surface area contributed by atoms with Gasteiger partial charge in [0.1, 0.15) is 0 Å². The summed E-state index contributed by atoms with van der Waals surface area (Å²) in [7, 11) is 3.22. The molecule has 0 spiro atoms. The molecule has 1 aliphatic rings. The Labute approximate surface area is 125 Å². The second-order valence-electron chi connectivity index (χ2n) is 5.23. The Kier molecular flexibility index (Phi) is 8.07. The van der Waals surface area contributed by atoms with Gasteiger partial charge in [0.05, 0.1) is 12.5 Å². The summed E-state index contributed by atoms with van der Waals surface area (Å²) in [6, 6.07) is -0.103. The molecule has 0 aromatic heterocycles. The molecule has 1 saturated heterocycles. The minimum Gasteiger partial charge on any atom is -0.481 e. The molecule has 7 nitrogen and oxygen atoms in total. The highest BCUT2D eigenvalue weighted by molar-refractivity contribution is 5.76. The van der Waals surface area contributed by atoms with Crippen molar-refractivity contribution in [2.24, 2.45) is 5.92 Å². The number of carboxylic acids is 1. The van der Waals surface area contributed by atoms with Gasteiger partial charge in [0, 0.05) is 47.0 Å². The van der Waals surface area contributed by atoms with E-state index in [-0.39, 0.29) is 6.03 Å². The van der Waals surface area contributed by atoms with Gasteiger partial charge in [-0.25, -0.2) is 4.79 Å². The molecule has 7 heteroatoms. The fourth-order valence-electron chi connectivity index (χ4n) is 2.46. The first kappa shape index (κ1) is 17.7. The summed E-state index contributed by atoms with van der Waals surface area (Å²) in [5.74, 6) is -1.28. The molecule has 2 amide bonds. The lowest BCUT2D eigenvalue weighted by Gasteiger charge is -2.35. The number of hydrogen-bond donors (Lipinski definition) is 1. The predicted molar refractivity (Wildman–Crippen MR) is 77.3 cm³/mol. The zero-order valence-electron chi connectivity index (χ0n) is 12.9. The third-order valence-corrected chi connectivity index (χ3v) is 3.65. The minimum atomic E-state index is -0.824. The molecule has 0 unspecified atom stereocenters. The van der Waals surface area contributed by atoms with E-state index in [0.717, 1.165) is 12.8 Å². The number of methoxy groups -OCH3 is 2. The third-order valence-electron chi connectivity index (χ3n) is 3.65. The molecule has 0 aromatic rings. The number of urea groups is 1. The van der Waals surface area contributed by atoms with Crippen LogP contribution >= 0.6 is 0 Å². The maximum absolute atomic E-state index is 12.5. The highest BCUT2D eigenvalue weighted by atomic mass is 16.5. The molecule has 1 N–H and O–H groups in total. The second-order valence-corrected chi connectivity index (χ2v) is 5.23. The fourth-order valence-corrected chi connectivity index (χ4v) is 2.46. The lowest BCUT2D eigenvalue weighted by Crippen LogP contribution is -2.49. The van der Waals surface area contributed by atoms with Gasteiger partial charge in [0.25, 0.3) is 0 Å². The highest BCUT2D eigenvalue weighted by Crippen LogP contribution is 2.18. The van der Waals surface area contributed by atoms with Crippen molar-refractivity contribution < 1.29 is 24.2 Å². The van der Waals surface area contributed by atoms with Crippen molar-refractivity contribution in [1.29, 1.82) is 0 Å². The first-order chi connectivity index (χ1) is 10.1. The van der Waals surface area contributed by atoms with Gasteiger partial charge < -0.3 is 24.4 Å². The van der Waals surface area contributed by atoms with E-state index in [4.69, 9.17) is 14.6 Å². The number of hydrogen-bond acceptors (Lipinski definition) is 4. The molecule has 122 valence electrons. The number of nitrogens with zero attached hydrogens (tertiary/aromatic N) is 2. The summed E-state index contributed by atoms with van der Waals surface area (Å²) in [5, 5.41) is 9.10. The Balaban J connectivity index is 2.57. The Bertz CT molecular complexity index is 337. The normalized spacial score (nSPS) is 18.6. The van der Waals surface area contributed by atoms with Crippen molar-refractivity contribution in [2.75, 3.05) is 53.6 Å². The fraction of sp³-hybridized carbons (Fsp3) is 0.857. The maximum atomic E-state index is 12.5. The predicted octanol–water partition coefficient (Wildman–Crippen LogP) is 0.888. The van der Waals surface area contributed by atoms with E-state index in [0.29, 0.717) is 45.8 Å². The van der Waals surface area contributed by atoms with Crippen molar-refractivity contribution in [2.45, 2.75) is 19.3 Å². The number of likely N-dealkylation sites (tertiary alicyclic amines) is 1. The second kappa shape index (κ2) is 9.57. The first-order valence-electron chi connectivity index (χ1n) is 7.34. The summed E-state index contributed by atoms with van der Waals surface area (Å²) in [4.78, 5) is 27.0. The standard InChI is InChI=1S/C14H26N2O5/c1-20-9-4-7-15(8-10-21-2)14(19)16-6-3-5-12(11-16)13(17)18/h12H,3-11H2,1-2H3,(H,17,18)/t12-/m0/s1. The number of carboxylic acid groups (broad SMARTS) is 1. The van der Waals surface area contributed by atoms with Crippen LogP contribution in [0.4, 0.5) is 4.79 Å². The molecule has 0 bridgehead atoms. The first-order valence-corrected chi connectivity index (χ1v) is 7.34. The zero-order valence-corrected chi connectivity index (χ0v) is 12.9. The number of piperidine rings is 1. The molecule has 0 radical (unpaired) electrons. The van der Waals surface area contributed by atoms with Gasteiger partial charge >= 0.3 is 12.0 Å². The molecular weight excluding hydrogens is 276 g/mol. The van der Waals surface area contributed by atoms with Gasteiger partial charge in [-0.3, -0.25) is 4.79 Å². The molecule has 0 aromatic carbocycles. The maximum Gasteiger partial charge on any atom is 0.320 e. The van der Waals surface area contributed by atoms with E-state index in [9.17, 15) is 9.59 Å². The van der Waals surface area contributed by atoms with Gasteiger partial charge in [0.15, 0.2) is 0 Å². The number of aliphatic carboxylic acids is 1. The monoisotopic (exact) mass is 302 g/mol. The van der Waals surface area contributed by atoms with E-state index in [1.807, 2.05) is 0 Å². The molecule has 1 atom stereocenters. The van der Waals surface area contributed by atoms with Crippen LogP contribution in [0.3, 0.4) is 0 Å². The number of carbonyl (C=O) groups is 2. The summed E-state index contributed by atoms with van der Waals surface area (Å²) in [5.41, 5.74) is 0. The summed E-state index contributed by atoms with van der Waals surface area (Å²) < 4.78 is 10.0. The van der Waals surface area contributed by atoms with Crippen LogP contribution in [-0.2, 0) is 14.3 Å². The largest absolute Gasteiger partial charge is 0.481 e. The Morgan fingerprint density at radius 3 is 2.57 bits per heavy atom. The van der Waals surface area contributed by atoms with Crippen molar-refractivity contribution in [3.05, 3.63) is 0 Å². The molecule has 1 aliphatic heterocycles. The highest BCUT2D eigenvalue weighted by Gasteiger charge is 2.30. The van der Waals surface area contributed by atoms with Crippen LogP contribution in [0.2, 0.25) is 0 Å². The van der Waals surface area contributed by atoms with Crippen LogP contribution in [0.1, 0.15) is 19.3 Å². The summed E-state index contributed by atoms with van der Waals surface area (Å²) in [6.45, 7) is 3.07. The van der Waals surface area contributed by atoms with Gasteiger partial charge in [-0.2, -0.15) is 0 Å². The molecule has 1 heterocycles. The number of carbonyl (C=O) groups excluding carboxylic acids is 1. The van der Waals surface area contributed by atoms with E-state index >= 15 is 0 Å². The molecule has 0 aliphatic carbocycles. The van der Waals surface area contributed by atoms with E-state index in [1.165, 1.54) is 0 Å². The Morgan fingerprint density at radius 2 is 1.95 bits per heavy atom. The van der Waals surface area contributed by atoms with Gasteiger partial charge in [-0.15, -0.1) is 0 Å². The average Bonchev–Trinajstić information content (AvgIpc) is 2.50. The Morgan fingerprint density at radius 1 is 1.24 bits per heavy atom. The van der Waals surface area contributed by atoms with Crippen molar-refractivity contribution in [1.82, 2.24) is 9.80 Å². The number of rotatable bonds is 8. The average molecular weight is 302 g/mol. The van der Waals surface area contributed by atoms with Gasteiger partial charge in [-0.05, 0) is 19.3 Å². The van der Waals surface area contributed by atoms with Crippen LogP contribution in [0.15, 0.2) is 0 Å². The quantitative estimate of drug-likeness (QED) is 0.674. The van der Waals surface area contributed by atoms with Crippen molar-refractivity contribution in [3.63, 3.8) is 0 Å². The van der Waals surface area contributed by atoms with Crippen LogP contribution in [-0.4, -0.2) is 80.5 Å². The molecule has 1 rings (SSSR count). The lowest BCUT2D eigenvalue weighted by atomic mass is 9.98. The lowest BCUT2D eigenvalue weighted by molar-refractivity contribution is -0.143. The van der Waals surface area contributed by atoms with Crippen LogP contribution in [0, 0.1) is 5.92 Å². The van der Waals surface area contributed by atoms with Crippen LogP contribution in [0.25, 0.3) is 0 Å². The molecule has 0 saturated carbocycles. The van der Waals surface area contributed by atoms with E-state index < -0.39 is 11.9 Å². The van der Waals surface area contributed by atoms with Crippen molar-refractivity contribution in [3.8, 4) is 0 Å². The topological polar surface area (TPSA) is 79.3 Å². The van der Waals surface area contributed by atoms with Crippen LogP contribution in [0.5, 0.6) is 0 Å². The Hall–Kier alpha value is -1.34. The van der Waals surface area contributed by atoms with Crippen molar-refractivity contribution >= 4 is 12.0 Å². The van der Waals surface area contributed by atoms with Gasteiger partial charge in [0.2, 0.25) is 0 Å². The zero-order chi connectivity index (χ0) is 15.7. The third kappa shape index (κ3) is 5.89. The number of ether oxygens (including phenoxy) is 2. The molecule has 1 fully saturated rings. The SMILES string of the molecule is COCCCN(CCOC)C(=O)N1CCC[C@H](C(=O)O)C1.